The van der Waals surface area contributed by atoms with E-state index in [0.717, 1.165) is 6.07 Å². The molecule has 0 saturated heterocycles. The molecule has 0 aliphatic rings. The highest BCUT2D eigenvalue weighted by Crippen LogP contribution is 2.35. The van der Waals surface area contributed by atoms with Gasteiger partial charge in [0.25, 0.3) is 5.91 Å². The van der Waals surface area contributed by atoms with E-state index in [4.69, 9.17) is 9.47 Å². The van der Waals surface area contributed by atoms with E-state index in [0.29, 0.717) is 33.0 Å². The summed E-state index contributed by atoms with van der Waals surface area (Å²) in [6, 6.07) is 6.78. The fraction of sp³-hybridized carbons (Fsp3) is 0.273. The average molecular weight is 474 g/mol. The lowest BCUT2D eigenvalue weighted by Gasteiger charge is -2.15. The van der Waals surface area contributed by atoms with Gasteiger partial charge in [-0.25, -0.2) is 9.50 Å². The number of benzene rings is 1. The number of nitrogens with zero attached hydrogens (tertiary/aromatic N) is 6. The summed E-state index contributed by atoms with van der Waals surface area (Å²) in [5.41, 5.74) is 0.261. The number of carbonyl (C=O) groups excluding carboxylic acids is 1. The maximum atomic E-state index is 13.9. The number of hydrogen-bond acceptors (Lipinski definition) is 6. The van der Waals surface area contributed by atoms with E-state index in [1.165, 1.54) is 44.5 Å². The summed E-state index contributed by atoms with van der Waals surface area (Å²) in [5.74, 6) is 0.171. The molecule has 12 heteroatoms. The van der Waals surface area contributed by atoms with Crippen molar-refractivity contribution in [2.24, 2.45) is 7.05 Å². The second-order valence-electron chi connectivity index (χ2n) is 7.50. The molecule has 4 rings (SSSR count). The SMILES string of the molecule is COc1ccc(-c2cc(C(F)(F)F)n3nc(C(=O)N(C)c4cnn(C)c4C)cc3n2)cc1OC. The van der Waals surface area contributed by atoms with Crippen molar-refractivity contribution in [3.05, 3.63) is 53.6 Å². The highest BCUT2D eigenvalue weighted by molar-refractivity contribution is 6.05. The molecule has 0 N–H and O–H groups in total. The summed E-state index contributed by atoms with van der Waals surface area (Å²) >= 11 is 0. The first-order valence-electron chi connectivity index (χ1n) is 10.0. The van der Waals surface area contributed by atoms with Crippen LogP contribution in [0.4, 0.5) is 18.9 Å². The van der Waals surface area contributed by atoms with Gasteiger partial charge >= 0.3 is 6.18 Å². The molecular weight excluding hydrogens is 453 g/mol. The van der Waals surface area contributed by atoms with Crippen LogP contribution in [0.1, 0.15) is 21.9 Å². The molecule has 0 unspecified atom stereocenters. The Morgan fingerprint density at radius 3 is 2.38 bits per heavy atom. The van der Waals surface area contributed by atoms with Gasteiger partial charge in [0.1, 0.15) is 0 Å². The van der Waals surface area contributed by atoms with Crippen molar-refractivity contribution in [2.75, 3.05) is 26.2 Å². The summed E-state index contributed by atoms with van der Waals surface area (Å²) < 4.78 is 54.4. The zero-order valence-corrected chi connectivity index (χ0v) is 19.0. The molecule has 0 aliphatic carbocycles. The van der Waals surface area contributed by atoms with Gasteiger partial charge in [0.05, 0.1) is 37.5 Å². The van der Waals surface area contributed by atoms with Gasteiger partial charge in [-0.3, -0.25) is 9.48 Å². The summed E-state index contributed by atoms with van der Waals surface area (Å²) in [6.07, 6.45) is -3.25. The monoisotopic (exact) mass is 474 g/mol. The van der Waals surface area contributed by atoms with E-state index in [9.17, 15) is 18.0 Å². The minimum absolute atomic E-state index is 0.0381. The van der Waals surface area contributed by atoms with Crippen LogP contribution in [0.25, 0.3) is 16.9 Å². The van der Waals surface area contributed by atoms with Crippen LogP contribution >= 0.6 is 0 Å². The summed E-state index contributed by atoms with van der Waals surface area (Å²) in [7, 11) is 6.11. The van der Waals surface area contributed by atoms with Crippen molar-refractivity contribution < 1.29 is 27.4 Å². The zero-order chi connectivity index (χ0) is 24.8. The molecule has 0 saturated carbocycles. The highest BCUT2D eigenvalue weighted by atomic mass is 19.4. The number of anilines is 1. The Hall–Kier alpha value is -4.09. The molecule has 0 aliphatic heterocycles. The van der Waals surface area contributed by atoms with Gasteiger partial charge in [-0.1, -0.05) is 0 Å². The Morgan fingerprint density at radius 2 is 1.79 bits per heavy atom. The maximum Gasteiger partial charge on any atom is 0.433 e. The van der Waals surface area contributed by atoms with E-state index >= 15 is 0 Å². The smallest absolute Gasteiger partial charge is 0.433 e. The van der Waals surface area contributed by atoms with Crippen LogP contribution in [0.3, 0.4) is 0 Å². The standard InChI is InChI=1S/C22H21F3N6O3/c1-12-16(11-26-30(12)3)29(2)21(32)15-10-20-27-14(9-19(22(23,24)25)31(20)28-15)13-6-7-17(33-4)18(8-13)34-5/h6-11H,1-5H3. The zero-order valence-electron chi connectivity index (χ0n) is 19.0. The largest absolute Gasteiger partial charge is 0.493 e. The molecule has 178 valence electrons. The van der Waals surface area contributed by atoms with Crippen molar-refractivity contribution in [3.63, 3.8) is 0 Å². The quantitative estimate of drug-likeness (QED) is 0.438. The Kier molecular flexibility index (Phi) is 5.67. The van der Waals surface area contributed by atoms with Crippen molar-refractivity contribution in [3.8, 4) is 22.8 Å². The summed E-state index contributed by atoms with van der Waals surface area (Å²) in [5, 5.41) is 8.02. The molecular formula is C22H21F3N6O3. The number of amides is 1. The predicted molar refractivity (Wildman–Crippen MR) is 117 cm³/mol. The van der Waals surface area contributed by atoms with E-state index in [2.05, 4.69) is 15.2 Å². The third kappa shape index (κ3) is 3.91. The lowest BCUT2D eigenvalue weighted by atomic mass is 10.1. The van der Waals surface area contributed by atoms with Gasteiger partial charge in [0.15, 0.2) is 28.5 Å². The molecule has 0 bridgehead atoms. The molecule has 3 aromatic heterocycles. The molecule has 0 radical (unpaired) electrons. The number of aryl methyl sites for hydroxylation is 1. The number of aromatic nitrogens is 5. The van der Waals surface area contributed by atoms with Crippen LogP contribution in [0, 0.1) is 6.92 Å². The van der Waals surface area contributed by atoms with Crippen molar-refractivity contribution in [1.29, 1.82) is 0 Å². The minimum atomic E-state index is -4.75. The number of carbonyl (C=O) groups is 1. The second kappa shape index (κ2) is 8.36. The van der Waals surface area contributed by atoms with E-state index in [-0.39, 0.29) is 17.0 Å². The number of methoxy groups -OCH3 is 2. The van der Waals surface area contributed by atoms with Crippen LogP contribution in [0.2, 0.25) is 0 Å². The number of alkyl halides is 3. The fourth-order valence-electron chi connectivity index (χ4n) is 3.52. The van der Waals surface area contributed by atoms with E-state index in [1.807, 2.05) is 0 Å². The number of hydrogen-bond donors (Lipinski definition) is 0. The average Bonchev–Trinajstić information content (AvgIpc) is 3.39. The summed E-state index contributed by atoms with van der Waals surface area (Å²) in [4.78, 5) is 18.6. The predicted octanol–water partition coefficient (Wildman–Crippen LogP) is 3.75. The lowest BCUT2D eigenvalue weighted by Crippen LogP contribution is -2.27. The third-order valence-electron chi connectivity index (χ3n) is 5.49. The van der Waals surface area contributed by atoms with Gasteiger partial charge in [-0.15, -0.1) is 0 Å². The molecule has 0 atom stereocenters. The first-order valence-corrected chi connectivity index (χ1v) is 10.0. The van der Waals surface area contributed by atoms with Crippen LogP contribution < -0.4 is 14.4 Å². The number of halogens is 3. The Balaban J connectivity index is 1.83. The topological polar surface area (TPSA) is 86.8 Å². The van der Waals surface area contributed by atoms with Gasteiger partial charge in [-0.2, -0.15) is 23.4 Å². The van der Waals surface area contributed by atoms with E-state index in [1.54, 1.807) is 30.8 Å². The molecule has 3 heterocycles. The Labute approximate surface area is 192 Å². The van der Waals surface area contributed by atoms with Crippen molar-refractivity contribution >= 4 is 17.2 Å². The third-order valence-corrected chi connectivity index (χ3v) is 5.49. The molecule has 34 heavy (non-hydrogen) atoms. The van der Waals surface area contributed by atoms with Crippen LogP contribution in [-0.2, 0) is 13.2 Å². The van der Waals surface area contributed by atoms with E-state index < -0.39 is 17.8 Å². The first kappa shape index (κ1) is 23.1. The number of rotatable bonds is 5. The van der Waals surface area contributed by atoms with Gasteiger partial charge < -0.3 is 14.4 Å². The molecule has 0 fully saturated rings. The van der Waals surface area contributed by atoms with Gasteiger partial charge in [-0.05, 0) is 31.2 Å². The van der Waals surface area contributed by atoms with Crippen molar-refractivity contribution in [1.82, 2.24) is 24.4 Å². The van der Waals surface area contributed by atoms with Gasteiger partial charge in [0.2, 0.25) is 0 Å². The van der Waals surface area contributed by atoms with Crippen molar-refractivity contribution in [2.45, 2.75) is 13.1 Å². The molecule has 1 aromatic carbocycles. The first-order chi connectivity index (χ1) is 16.0. The molecule has 9 nitrogen and oxygen atoms in total. The lowest BCUT2D eigenvalue weighted by molar-refractivity contribution is -0.142. The van der Waals surface area contributed by atoms with Crippen LogP contribution in [-0.4, -0.2) is 51.6 Å². The summed E-state index contributed by atoms with van der Waals surface area (Å²) in [6.45, 7) is 1.77. The number of ether oxygens (including phenoxy) is 2. The molecule has 0 spiro atoms. The minimum Gasteiger partial charge on any atom is -0.493 e. The Morgan fingerprint density at radius 1 is 1.09 bits per heavy atom. The van der Waals surface area contributed by atoms with Crippen LogP contribution in [0.15, 0.2) is 36.5 Å². The fourth-order valence-corrected chi connectivity index (χ4v) is 3.52. The highest BCUT2D eigenvalue weighted by Gasteiger charge is 2.36. The Bertz CT molecular complexity index is 1390. The second-order valence-corrected chi connectivity index (χ2v) is 7.50. The number of fused-ring (bicyclic) bond motifs is 1. The molecule has 1 amide bonds. The normalized spacial score (nSPS) is 11.6. The maximum absolute atomic E-state index is 13.9. The van der Waals surface area contributed by atoms with Gasteiger partial charge in [0, 0.05) is 25.7 Å². The van der Waals surface area contributed by atoms with Crippen LogP contribution in [0.5, 0.6) is 11.5 Å². The molecule has 4 aromatic rings.